The van der Waals surface area contributed by atoms with Gasteiger partial charge in [-0.3, -0.25) is 0 Å². The number of aliphatic hydroxyl groups excluding tert-OH is 1. The number of benzene rings is 1. The Labute approximate surface area is 126 Å². The molecule has 0 aliphatic heterocycles. The average Bonchev–Trinajstić information content (AvgIpc) is 2.52. The summed E-state index contributed by atoms with van der Waals surface area (Å²) >= 11 is 1.94. The fourth-order valence-corrected chi connectivity index (χ4v) is 3.87. The predicted octanol–water partition coefficient (Wildman–Crippen LogP) is 4.57. The molecule has 1 aliphatic carbocycles. The van der Waals surface area contributed by atoms with E-state index < -0.39 is 0 Å². The maximum Gasteiger partial charge on any atom is 0.119 e. The van der Waals surface area contributed by atoms with E-state index in [0.29, 0.717) is 0 Å². The van der Waals surface area contributed by atoms with Crippen molar-refractivity contribution in [2.24, 2.45) is 0 Å². The normalized spacial score (nSPS) is 17.9. The molecule has 0 aromatic heterocycles. The Hall–Kier alpha value is -0.670. The van der Waals surface area contributed by atoms with E-state index in [1.165, 1.54) is 32.1 Å². The van der Waals surface area contributed by atoms with E-state index in [9.17, 15) is 5.11 Å². The maximum absolute atomic E-state index is 10.3. The molecule has 3 heteroatoms. The van der Waals surface area contributed by atoms with Gasteiger partial charge in [0.25, 0.3) is 0 Å². The Kier molecular flexibility index (Phi) is 6.74. The van der Waals surface area contributed by atoms with Crippen LogP contribution in [0.15, 0.2) is 24.3 Å². The van der Waals surface area contributed by atoms with Gasteiger partial charge in [-0.15, -0.1) is 0 Å². The molecule has 0 saturated heterocycles. The lowest BCUT2D eigenvalue weighted by Crippen LogP contribution is -2.11. The monoisotopic (exact) mass is 294 g/mol. The highest BCUT2D eigenvalue weighted by Gasteiger charge is 2.16. The summed E-state index contributed by atoms with van der Waals surface area (Å²) in [6.45, 7) is 2.85. The fourth-order valence-electron chi connectivity index (χ4n) is 2.56. The molecule has 0 amide bonds. The lowest BCUT2D eigenvalue weighted by Gasteiger charge is -2.22. The maximum atomic E-state index is 10.3. The Morgan fingerprint density at radius 2 is 1.90 bits per heavy atom. The second-order valence-corrected chi connectivity index (χ2v) is 6.86. The number of rotatable bonds is 7. The number of aliphatic hydroxyl groups is 1. The fraction of sp³-hybridized carbons (Fsp3) is 0.647. The third-order valence-corrected chi connectivity index (χ3v) is 5.23. The first-order chi connectivity index (χ1) is 9.79. The number of ether oxygens (including phenoxy) is 1. The average molecular weight is 294 g/mol. The molecule has 1 aliphatic rings. The van der Waals surface area contributed by atoms with Crippen LogP contribution in [0.5, 0.6) is 5.75 Å². The van der Waals surface area contributed by atoms with Gasteiger partial charge in [0, 0.05) is 11.0 Å². The van der Waals surface area contributed by atoms with Crippen molar-refractivity contribution in [3.8, 4) is 5.75 Å². The molecule has 1 N–H and O–H groups in total. The summed E-state index contributed by atoms with van der Waals surface area (Å²) in [5.74, 6) is 1.70. The smallest absolute Gasteiger partial charge is 0.119 e. The molecule has 2 nitrogen and oxygen atoms in total. The quantitative estimate of drug-likeness (QED) is 0.798. The second-order valence-electron chi connectivity index (χ2n) is 5.53. The van der Waals surface area contributed by atoms with Crippen molar-refractivity contribution in [2.75, 3.05) is 12.4 Å². The van der Waals surface area contributed by atoms with Crippen molar-refractivity contribution < 1.29 is 9.84 Å². The van der Waals surface area contributed by atoms with E-state index in [4.69, 9.17) is 4.74 Å². The Morgan fingerprint density at radius 1 is 1.20 bits per heavy atom. The van der Waals surface area contributed by atoms with Crippen molar-refractivity contribution in [1.29, 1.82) is 0 Å². The highest BCUT2D eigenvalue weighted by Crippen LogP contribution is 2.31. The zero-order valence-electron chi connectivity index (χ0n) is 12.4. The summed E-state index contributed by atoms with van der Waals surface area (Å²) in [5, 5.41) is 11.0. The number of thioether (sulfide) groups is 1. The minimum atomic E-state index is -0.359. The van der Waals surface area contributed by atoms with E-state index >= 15 is 0 Å². The van der Waals surface area contributed by atoms with Gasteiger partial charge >= 0.3 is 0 Å². The minimum absolute atomic E-state index is 0.359. The van der Waals surface area contributed by atoms with Crippen LogP contribution in [0.1, 0.15) is 57.1 Å². The molecule has 1 aromatic rings. The topological polar surface area (TPSA) is 29.5 Å². The van der Waals surface area contributed by atoms with E-state index in [1.807, 2.05) is 36.0 Å². The highest BCUT2D eigenvalue weighted by atomic mass is 32.2. The van der Waals surface area contributed by atoms with Crippen LogP contribution in [0.4, 0.5) is 0 Å². The molecular weight excluding hydrogens is 268 g/mol. The van der Waals surface area contributed by atoms with Gasteiger partial charge < -0.3 is 9.84 Å². The molecular formula is C17H26O2S. The summed E-state index contributed by atoms with van der Waals surface area (Å²) < 4.78 is 5.56. The molecule has 1 saturated carbocycles. The lowest BCUT2D eigenvalue weighted by molar-refractivity contribution is 0.203. The van der Waals surface area contributed by atoms with Crippen molar-refractivity contribution >= 4 is 11.8 Å². The van der Waals surface area contributed by atoms with Gasteiger partial charge in [-0.05, 0) is 37.0 Å². The van der Waals surface area contributed by atoms with E-state index in [0.717, 1.165) is 35.3 Å². The first-order valence-corrected chi connectivity index (χ1v) is 8.87. The summed E-state index contributed by atoms with van der Waals surface area (Å²) in [7, 11) is 0. The molecule has 2 rings (SSSR count). The highest BCUT2D eigenvalue weighted by molar-refractivity contribution is 7.99. The lowest BCUT2D eigenvalue weighted by atomic mass is 10.0. The van der Waals surface area contributed by atoms with Crippen molar-refractivity contribution in [1.82, 2.24) is 0 Å². The van der Waals surface area contributed by atoms with Gasteiger partial charge in [-0.25, -0.2) is 0 Å². The van der Waals surface area contributed by atoms with Gasteiger partial charge in [0.15, 0.2) is 0 Å². The molecule has 1 atom stereocenters. The van der Waals surface area contributed by atoms with Gasteiger partial charge in [0.05, 0.1) is 12.7 Å². The van der Waals surface area contributed by atoms with Gasteiger partial charge in [-0.2, -0.15) is 11.8 Å². The first-order valence-electron chi connectivity index (χ1n) is 7.82. The van der Waals surface area contributed by atoms with Crippen LogP contribution in [0, 0.1) is 0 Å². The van der Waals surface area contributed by atoms with Crippen molar-refractivity contribution in [2.45, 2.75) is 56.8 Å². The van der Waals surface area contributed by atoms with Crippen LogP contribution >= 0.6 is 11.8 Å². The summed E-state index contributed by atoms with van der Waals surface area (Å²) in [6, 6.07) is 7.88. The Bertz CT molecular complexity index is 371. The van der Waals surface area contributed by atoms with Crippen LogP contribution in [-0.4, -0.2) is 22.7 Å². The molecule has 1 unspecified atom stereocenters. The Balaban J connectivity index is 1.77. The van der Waals surface area contributed by atoms with Crippen LogP contribution in [-0.2, 0) is 0 Å². The van der Waals surface area contributed by atoms with Gasteiger partial charge in [0.1, 0.15) is 5.75 Å². The predicted molar refractivity (Wildman–Crippen MR) is 86.5 cm³/mol. The minimum Gasteiger partial charge on any atom is -0.494 e. The molecule has 1 aromatic carbocycles. The van der Waals surface area contributed by atoms with E-state index in [-0.39, 0.29) is 6.10 Å². The standard InChI is InChI=1S/C17H26O2S/c1-2-12-19-15-10-8-14(9-11-15)17(18)13-20-16-6-4-3-5-7-16/h8-11,16-18H,2-7,12-13H2,1H3. The van der Waals surface area contributed by atoms with Crippen LogP contribution in [0.25, 0.3) is 0 Å². The summed E-state index contributed by atoms with van der Waals surface area (Å²) in [4.78, 5) is 0. The largest absolute Gasteiger partial charge is 0.494 e. The third kappa shape index (κ3) is 5.02. The molecule has 0 bridgehead atoms. The van der Waals surface area contributed by atoms with Gasteiger partial charge in [-0.1, -0.05) is 38.3 Å². The Morgan fingerprint density at radius 3 is 2.55 bits per heavy atom. The van der Waals surface area contributed by atoms with Crippen molar-refractivity contribution in [3.05, 3.63) is 29.8 Å². The zero-order valence-corrected chi connectivity index (χ0v) is 13.2. The number of hydrogen-bond donors (Lipinski definition) is 1. The summed E-state index contributed by atoms with van der Waals surface area (Å²) in [5.41, 5.74) is 0.997. The third-order valence-electron chi connectivity index (χ3n) is 3.78. The molecule has 0 radical (unpaired) electrons. The molecule has 0 spiro atoms. The van der Waals surface area contributed by atoms with E-state index in [2.05, 4.69) is 6.92 Å². The zero-order chi connectivity index (χ0) is 14.2. The molecule has 20 heavy (non-hydrogen) atoms. The molecule has 112 valence electrons. The second kappa shape index (κ2) is 8.58. The van der Waals surface area contributed by atoms with E-state index in [1.54, 1.807) is 0 Å². The first kappa shape index (κ1) is 15.7. The van der Waals surface area contributed by atoms with Crippen molar-refractivity contribution in [3.63, 3.8) is 0 Å². The summed E-state index contributed by atoms with van der Waals surface area (Å²) in [6.07, 6.45) is 7.40. The van der Waals surface area contributed by atoms with Crippen LogP contribution in [0.3, 0.4) is 0 Å². The molecule has 1 fully saturated rings. The number of hydrogen-bond acceptors (Lipinski definition) is 3. The molecule has 0 heterocycles. The van der Waals surface area contributed by atoms with Crippen LogP contribution < -0.4 is 4.74 Å². The van der Waals surface area contributed by atoms with Gasteiger partial charge in [0.2, 0.25) is 0 Å². The van der Waals surface area contributed by atoms with Crippen LogP contribution in [0.2, 0.25) is 0 Å². The SMILES string of the molecule is CCCOc1ccc(C(O)CSC2CCCCC2)cc1.